The zero-order valence-corrected chi connectivity index (χ0v) is 18.6. The van der Waals surface area contributed by atoms with Crippen molar-refractivity contribution in [1.29, 1.82) is 0 Å². The average molecular weight is 439 g/mol. The lowest BCUT2D eigenvalue weighted by molar-refractivity contribution is -0.117. The summed E-state index contributed by atoms with van der Waals surface area (Å²) in [4.78, 5) is 13.3. The molecule has 0 unspecified atom stereocenters. The van der Waals surface area contributed by atoms with Crippen molar-refractivity contribution in [2.75, 3.05) is 12.4 Å². The molecule has 0 aliphatic carbocycles. The van der Waals surface area contributed by atoms with Crippen molar-refractivity contribution in [2.24, 2.45) is 0 Å². The Hall–Kier alpha value is -3.16. The Kier molecular flexibility index (Phi) is 7.09. The molecule has 3 aromatic rings. The maximum Gasteiger partial charge on any atom is 0.243 e. The average Bonchev–Trinajstić information content (AvgIpc) is 2.74. The maximum absolute atomic E-state index is 13.2. The molecule has 0 saturated heterocycles. The van der Waals surface area contributed by atoms with E-state index in [1.807, 2.05) is 50.2 Å². The molecule has 0 spiro atoms. The Labute approximate surface area is 183 Å². The second-order valence-electron chi connectivity index (χ2n) is 7.37. The van der Waals surface area contributed by atoms with Gasteiger partial charge in [-0.2, -0.15) is 4.72 Å². The van der Waals surface area contributed by atoms with Gasteiger partial charge < -0.3 is 10.1 Å². The number of sulfonamides is 1. The monoisotopic (exact) mass is 438 g/mol. The summed E-state index contributed by atoms with van der Waals surface area (Å²) in [6.07, 6.45) is 0.200. The fourth-order valence-electron chi connectivity index (χ4n) is 3.15. The van der Waals surface area contributed by atoms with E-state index in [-0.39, 0.29) is 11.3 Å². The van der Waals surface area contributed by atoms with Crippen molar-refractivity contribution < 1.29 is 17.9 Å². The van der Waals surface area contributed by atoms with Gasteiger partial charge >= 0.3 is 0 Å². The third-order valence-corrected chi connectivity index (χ3v) is 6.33. The number of rotatable bonds is 8. The predicted molar refractivity (Wildman–Crippen MR) is 122 cm³/mol. The maximum atomic E-state index is 13.2. The van der Waals surface area contributed by atoms with Crippen LogP contribution in [0.4, 0.5) is 5.69 Å². The number of hydrogen-bond donors (Lipinski definition) is 2. The lowest BCUT2D eigenvalue weighted by Crippen LogP contribution is -2.45. The van der Waals surface area contributed by atoms with Crippen molar-refractivity contribution >= 4 is 21.6 Å². The van der Waals surface area contributed by atoms with Gasteiger partial charge in [0.25, 0.3) is 0 Å². The van der Waals surface area contributed by atoms with Crippen molar-refractivity contribution in [2.45, 2.75) is 31.2 Å². The Morgan fingerprint density at radius 1 is 0.935 bits per heavy atom. The molecular weight excluding hydrogens is 412 g/mol. The van der Waals surface area contributed by atoms with Crippen molar-refractivity contribution in [1.82, 2.24) is 4.72 Å². The highest BCUT2D eigenvalue weighted by molar-refractivity contribution is 7.89. The second kappa shape index (κ2) is 9.76. The normalized spacial score (nSPS) is 12.2. The standard InChI is InChI=1S/C24H26N2O4S/c1-17-9-12-20(13-10-17)31(28,29)26-22(16-19-7-5-4-6-8-19)24(27)25-21-15-18(2)11-14-23(21)30-3/h4-15,22,26H,16H2,1-3H3,(H,25,27)/t22-/m0/s1. The molecule has 6 nitrogen and oxygen atoms in total. The largest absolute Gasteiger partial charge is 0.495 e. The molecule has 1 atom stereocenters. The van der Waals surface area contributed by atoms with Gasteiger partial charge in [-0.05, 0) is 55.7 Å². The van der Waals surface area contributed by atoms with Crippen LogP contribution in [0.5, 0.6) is 5.75 Å². The summed E-state index contributed by atoms with van der Waals surface area (Å²) >= 11 is 0. The molecule has 2 N–H and O–H groups in total. The van der Waals surface area contributed by atoms with Crippen LogP contribution >= 0.6 is 0 Å². The molecule has 0 aliphatic rings. The van der Waals surface area contributed by atoms with Gasteiger partial charge in [0.05, 0.1) is 17.7 Å². The fraction of sp³-hybridized carbons (Fsp3) is 0.208. The van der Waals surface area contributed by atoms with Gasteiger partial charge in [-0.15, -0.1) is 0 Å². The first-order chi connectivity index (χ1) is 14.8. The summed E-state index contributed by atoms with van der Waals surface area (Å²) in [6, 6.07) is 20.2. The minimum atomic E-state index is -3.90. The molecule has 0 fully saturated rings. The van der Waals surface area contributed by atoms with Gasteiger partial charge in [-0.25, -0.2) is 8.42 Å². The van der Waals surface area contributed by atoms with Crippen LogP contribution in [-0.4, -0.2) is 27.5 Å². The van der Waals surface area contributed by atoms with E-state index in [1.165, 1.54) is 19.2 Å². The van der Waals surface area contributed by atoms with Crippen LogP contribution in [-0.2, 0) is 21.2 Å². The highest BCUT2D eigenvalue weighted by Crippen LogP contribution is 2.25. The topological polar surface area (TPSA) is 84.5 Å². The van der Waals surface area contributed by atoms with Crippen LogP contribution in [0.3, 0.4) is 0 Å². The summed E-state index contributed by atoms with van der Waals surface area (Å²) in [5, 5.41) is 2.81. The fourth-order valence-corrected chi connectivity index (χ4v) is 4.35. The van der Waals surface area contributed by atoms with Gasteiger partial charge in [0.15, 0.2) is 0 Å². The number of nitrogens with one attached hydrogen (secondary N) is 2. The molecule has 7 heteroatoms. The van der Waals surface area contributed by atoms with Gasteiger partial charge in [-0.1, -0.05) is 54.1 Å². The zero-order valence-electron chi connectivity index (χ0n) is 17.8. The van der Waals surface area contributed by atoms with Crippen LogP contribution in [0, 0.1) is 13.8 Å². The molecule has 1 amide bonds. The number of ether oxygens (including phenoxy) is 1. The Morgan fingerprint density at radius 3 is 2.23 bits per heavy atom. The van der Waals surface area contributed by atoms with Crippen LogP contribution in [0.2, 0.25) is 0 Å². The number of anilines is 1. The van der Waals surface area contributed by atoms with E-state index in [9.17, 15) is 13.2 Å². The summed E-state index contributed by atoms with van der Waals surface area (Å²) in [6.45, 7) is 3.78. The van der Waals surface area contributed by atoms with E-state index in [1.54, 1.807) is 24.3 Å². The number of hydrogen-bond acceptors (Lipinski definition) is 4. The van der Waals surface area contributed by atoms with Crippen molar-refractivity contribution in [3.05, 3.63) is 89.5 Å². The highest BCUT2D eigenvalue weighted by atomic mass is 32.2. The number of benzene rings is 3. The minimum absolute atomic E-state index is 0.108. The second-order valence-corrected chi connectivity index (χ2v) is 9.08. The van der Waals surface area contributed by atoms with E-state index in [0.717, 1.165) is 16.7 Å². The summed E-state index contributed by atoms with van der Waals surface area (Å²) in [7, 11) is -2.38. The first-order valence-electron chi connectivity index (χ1n) is 9.87. The molecule has 162 valence electrons. The van der Waals surface area contributed by atoms with E-state index in [2.05, 4.69) is 10.0 Å². The van der Waals surface area contributed by atoms with Crippen LogP contribution in [0.15, 0.2) is 77.7 Å². The van der Waals surface area contributed by atoms with Crippen LogP contribution in [0.25, 0.3) is 0 Å². The van der Waals surface area contributed by atoms with Gasteiger partial charge in [0.1, 0.15) is 11.8 Å². The van der Waals surface area contributed by atoms with E-state index >= 15 is 0 Å². The molecule has 0 radical (unpaired) electrons. The smallest absolute Gasteiger partial charge is 0.243 e. The first kappa shape index (κ1) is 22.5. The number of carbonyl (C=O) groups excluding carboxylic acids is 1. The number of methoxy groups -OCH3 is 1. The molecule has 0 aliphatic heterocycles. The quantitative estimate of drug-likeness (QED) is 0.560. The first-order valence-corrected chi connectivity index (χ1v) is 11.4. The number of carbonyl (C=O) groups is 1. The third kappa shape index (κ3) is 5.93. The molecule has 0 heterocycles. The molecule has 0 saturated carbocycles. The molecule has 0 aromatic heterocycles. The van der Waals surface area contributed by atoms with Gasteiger partial charge in [-0.3, -0.25) is 4.79 Å². The third-order valence-electron chi connectivity index (χ3n) is 4.84. The molecule has 3 rings (SSSR count). The number of aryl methyl sites for hydroxylation is 2. The Morgan fingerprint density at radius 2 is 1.58 bits per heavy atom. The lowest BCUT2D eigenvalue weighted by Gasteiger charge is -2.20. The van der Waals surface area contributed by atoms with Gasteiger partial charge in [0, 0.05) is 0 Å². The van der Waals surface area contributed by atoms with E-state index in [0.29, 0.717) is 11.4 Å². The summed E-state index contributed by atoms with van der Waals surface area (Å²) < 4.78 is 33.8. The van der Waals surface area contributed by atoms with Crippen LogP contribution < -0.4 is 14.8 Å². The summed E-state index contributed by atoms with van der Waals surface area (Å²) in [5.74, 6) is 0.0299. The Balaban J connectivity index is 1.90. The predicted octanol–water partition coefficient (Wildman–Crippen LogP) is 3.84. The van der Waals surface area contributed by atoms with Gasteiger partial charge in [0.2, 0.25) is 15.9 Å². The summed E-state index contributed by atoms with van der Waals surface area (Å²) in [5.41, 5.74) is 3.21. The van der Waals surface area contributed by atoms with E-state index in [4.69, 9.17) is 4.74 Å². The molecule has 31 heavy (non-hydrogen) atoms. The minimum Gasteiger partial charge on any atom is -0.495 e. The van der Waals surface area contributed by atoms with E-state index < -0.39 is 22.0 Å². The molecule has 3 aromatic carbocycles. The van der Waals surface area contributed by atoms with Crippen LogP contribution in [0.1, 0.15) is 16.7 Å². The molecule has 0 bridgehead atoms. The van der Waals surface area contributed by atoms with Crippen molar-refractivity contribution in [3.63, 3.8) is 0 Å². The highest BCUT2D eigenvalue weighted by Gasteiger charge is 2.27. The zero-order chi connectivity index (χ0) is 22.4. The Bertz CT molecular complexity index is 1140. The van der Waals surface area contributed by atoms with Crippen molar-refractivity contribution in [3.8, 4) is 5.75 Å². The SMILES string of the molecule is COc1ccc(C)cc1NC(=O)[C@H](Cc1ccccc1)NS(=O)(=O)c1ccc(C)cc1. The lowest BCUT2D eigenvalue weighted by atomic mass is 10.1. The number of amides is 1. The molecular formula is C24H26N2O4S.